The minimum absolute atomic E-state index is 0.0132. The fourth-order valence-electron chi connectivity index (χ4n) is 3.31. The highest BCUT2D eigenvalue weighted by atomic mass is 16.5. The fraction of sp³-hybridized carbons (Fsp3) is 0.286. The van der Waals surface area contributed by atoms with Crippen LogP contribution in [0.5, 0.6) is 5.75 Å². The van der Waals surface area contributed by atoms with E-state index in [2.05, 4.69) is 22.1 Å². The van der Waals surface area contributed by atoms with E-state index in [4.69, 9.17) is 9.26 Å². The quantitative estimate of drug-likeness (QED) is 0.695. The number of para-hydroxylation sites is 1. The van der Waals surface area contributed by atoms with Crippen molar-refractivity contribution in [3.05, 3.63) is 54.1 Å². The zero-order valence-corrected chi connectivity index (χ0v) is 16.0. The van der Waals surface area contributed by atoms with Gasteiger partial charge in [-0.1, -0.05) is 29.4 Å². The number of hydrogen-bond donors (Lipinski definition) is 0. The zero-order chi connectivity index (χ0) is 19.5. The summed E-state index contributed by atoms with van der Waals surface area (Å²) in [4.78, 5) is 21.7. The van der Waals surface area contributed by atoms with Crippen LogP contribution in [0.2, 0.25) is 0 Å². The van der Waals surface area contributed by atoms with Gasteiger partial charge in [0.15, 0.2) is 0 Å². The zero-order valence-electron chi connectivity index (χ0n) is 16.0. The lowest BCUT2D eigenvalue weighted by Gasteiger charge is -2.32. The Morgan fingerprint density at radius 3 is 2.43 bits per heavy atom. The van der Waals surface area contributed by atoms with Crippen LogP contribution < -0.4 is 4.74 Å². The van der Waals surface area contributed by atoms with Crippen LogP contribution in [0, 0.1) is 0 Å². The van der Waals surface area contributed by atoms with Gasteiger partial charge in [0, 0.05) is 26.2 Å². The Labute approximate surface area is 163 Å². The molecule has 1 saturated heterocycles. The van der Waals surface area contributed by atoms with Gasteiger partial charge in [-0.25, -0.2) is 0 Å². The number of methoxy groups -OCH3 is 1. The van der Waals surface area contributed by atoms with Gasteiger partial charge in [0.2, 0.25) is 5.82 Å². The summed E-state index contributed by atoms with van der Waals surface area (Å²) in [6, 6.07) is 14.8. The van der Waals surface area contributed by atoms with E-state index in [1.54, 1.807) is 7.11 Å². The van der Waals surface area contributed by atoms with Crippen LogP contribution in [0.4, 0.5) is 0 Å². The first-order valence-electron chi connectivity index (χ1n) is 9.21. The molecule has 1 aliphatic rings. The Hall–Kier alpha value is -3.19. The predicted molar refractivity (Wildman–Crippen MR) is 105 cm³/mol. The summed E-state index contributed by atoms with van der Waals surface area (Å²) < 4.78 is 10.9. The standard InChI is InChI=1S/C21H22N4O3/c1-24-11-13-25(14-12-24)21(26)16-8-4-3-7-15(16)20-22-19(23-28-20)17-9-5-6-10-18(17)27-2/h3-10H,11-14H2,1-2H3. The Bertz CT molecular complexity index is 977. The van der Waals surface area contributed by atoms with E-state index in [9.17, 15) is 4.79 Å². The molecule has 7 heteroatoms. The molecular formula is C21H22N4O3. The Kier molecular flexibility index (Phi) is 5.08. The van der Waals surface area contributed by atoms with E-state index < -0.39 is 0 Å². The molecule has 3 aromatic rings. The van der Waals surface area contributed by atoms with E-state index in [0.29, 0.717) is 41.7 Å². The van der Waals surface area contributed by atoms with E-state index in [1.807, 2.05) is 53.4 Å². The van der Waals surface area contributed by atoms with Crippen molar-refractivity contribution in [3.8, 4) is 28.6 Å². The molecule has 144 valence electrons. The summed E-state index contributed by atoms with van der Waals surface area (Å²) in [6.07, 6.45) is 0. The third-order valence-electron chi connectivity index (χ3n) is 4.95. The fourth-order valence-corrected chi connectivity index (χ4v) is 3.31. The van der Waals surface area contributed by atoms with Crippen molar-refractivity contribution in [2.75, 3.05) is 40.3 Å². The highest BCUT2D eigenvalue weighted by Crippen LogP contribution is 2.30. The lowest BCUT2D eigenvalue weighted by Crippen LogP contribution is -2.47. The van der Waals surface area contributed by atoms with Crippen molar-refractivity contribution in [2.24, 2.45) is 0 Å². The van der Waals surface area contributed by atoms with Gasteiger partial charge in [-0.15, -0.1) is 0 Å². The maximum atomic E-state index is 13.1. The minimum Gasteiger partial charge on any atom is -0.496 e. The normalized spacial score (nSPS) is 14.9. The van der Waals surface area contributed by atoms with Crippen molar-refractivity contribution in [1.29, 1.82) is 0 Å². The van der Waals surface area contributed by atoms with Gasteiger partial charge in [-0.3, -0.25) is 4.79 Å². The summed E-state index contributed by atoms with van der Waals surface area (Å²) in [5, 5.41) is 4.10. The summed E-state index contributed by atoms with van der Waals surface area (Å²) in [7, 11) is 3.66. The molecule has 0 spiro atoms. The molecule has 1 aliphatic heterocycles. The third kappa shape index (κ3) is 3.48. The number of likely N-dealkylation sites (N-methyl/N-ethyl adjacent to an activating group) is 1. The van der Waals surface area contributed by atoms with Crippen LogP contribution >= 0.6 is 0 Å². The van der Waals surface area contributed by atoms with E-state index in [0.717, 1.165) is 18.7 Å². The minimum atomic E-state index is -0.0132. The largest absolute Gasteiger partial charge is 0.496 e. The third-order valence-corrected chi connectivity index (χ3v) is 4.95. The van der Waals surface area contributed by atoms with Gasteiger partial charge < -0.3 is 19.1 Å². The van der Waals surface area contributed by atoms with Gasteiger partial charge >= 0.3 is 0 Å². The second-order valence-electron chi connectivity index (χ2n) is 6.76. The molecule has 2 aromatic carbocycles. The molecule has 1 aromatic heterocycles. The molecule has 0 N–H and O–H groups in total. The maximum absolute atomic E-state index is 13.1. The summed E-state index contributed by atoms with van der Waals surface area (Å²) in [5.74, 6) is 1.39. The lowest BCUT2D eigenvalue weighted by molar-refractivity contribution is 0.0664. The topological polar surface area (TPSA) is 71.7 Å². The van der Waals surface area contributed by atoms with Crippen molar-refractivity contribution < 1.29 is 14.1 Å². The first kappa shape index (κ1) is 18.2. The number of benzene rings is 2. The second-order valence-corrected chi connectivity index (χ2v) is 6.76. The smallest absolute Gasteiger partial charge is 0.259 e. The lowest BCUT2D eigenvalue weighted by atomic mass is 10.1. The molecule has 1 fully saturated rings. The molecule has 0 saturated carbocycles. The molecule has 0 atom stereocenters. The molecule has 1 amide bonds. The van der Waals surface area contributed by atoms with Crippen LogP contribution in [-0.4, -0.2) is 66.2 Å². The number of rotatable bonds is 4. The highest BCUT2D eigenvalue weighted by molar-refractivity contribution is 6.00. The molecule has 7 nitrogen and oxygen atoms in total. The SMILES string of the molecule is COc1ccccc1-c1noc(-c2ccccc2C(=O)N2CCN(C)CC2)n1. The molecule has 0 bridgehead atoms. The monoisotopic (exact) mass is 378 g/mol. The molecule has 0 aliphatic carbocycles. The number of ether oxygens (including phenoxy) is 1. The number of carbonyl (C=O) groups is 1. The highest BCUT2D eigenvalue weighted by Gasteiger charge is 2.25. The van der Waals surface area contributed by atoms with Gasteiger partial charge in [-0.2, -0.15) is 4.98 Å². The number of aromatic nitrogens is 2. The second kappa shape index (κ2) is 7.82. The number of hydrogen-bond acceptors (Lipinski definition) is 6. The van der Waals surface area contributed by atoms with Crippen molar-refractivity contribution in [3.63, 3.8) is 0 Å². The van der Waals surface area contributed by atoms with Crippen LogP contribution in [0.15, 0.2) is 53.1 Å². The van der Waals surface area contributed by atoms with Crippen LogP contribution in [0.25, 0.3) is 22.8 Å². The van der Waals surface area contributed by atoms with E-state index in [-0.39, 0.29) is 5.91 Å². The first-order chi connectivity index (χ1) is 13.7. The molecule has 0 radical (unpaired) electrons. The van der Waals surface area contributed by atoms with Crippen LogP contribution in [0.3, 0.4) is 0 Å². The molecule has 0 unspecified atom stereocenters. The molecule has 4 rings (SSSR count). The maximum Gasteiger partial charge on any atom is 0.259 e. The average molecular weight is 378 g/mol. The summed E-state index contributed by atoms with van der Waals surface area (Å²) in [5.41, 5.74) is 1.95. The Balaban J connectivity index is 1.66. The average Bonchev–Trinajstić information content (AvgIpc) is 3.23. The Morgan fingerprint density at radius 2 is 1.68 bits per heavy atom. The van der Waals surface area contributed by atoms with Gasteiger partial charge in [-0.05, 0) is 31.3 Å². The Morgan fingerprint density at radius 1 is 1.00 bits per heavy atom. The van der Waals surface area contributed by atoms with Crippen molar-refractivity contribution >= 4 is 5.91 Å². The molecule has 2 heterocycles. The van der Waals surface area contributed by atoms with Crippen molar-refractivity contribution in [1.82, 2.24) is 19.9 Å². The molecular weight excluding hydrogens is 356 g/mol. The number of amides is 1. The van der Waals surface area contributed by atoms with Crippen molar-refractivity contribution in [2.45, 2.75) is 0 Å². The summed E-state index contributed by atoms with van der Waals surface area (Å²) >= 11 is 0. The van der Waals surface area contributed by atoms with Gasteiger partial charge in [0.25, 0.3) is 11.8 Å². The molecule has 28 heavy (non-hydrogen) atoms. The van der Waals surface area contributed by atoms with Gasteiger partial charge in [0.05, 0.1) is 23.8 Å². The van der Waals surface area contributed by atoms with Gasteiger partial charge in [0.1, 0.15) is 5.75 Å². The van der Waals surface area contributed by atoms with E-state index in [1.165, 1.54) is 0 Å². The van der Waals surface area contributed by atoms with Crippen LogP contribution in [0.1, 0.15) is 10.4 Å². The number of nitrogens with zero attached hydrogens (tertiary/aromatic N) is 4. The van der Waals surface area contributed by atoms with Crippen LogP contribution in [-0.2, 0) is 0 Å². The predicted octanol–water partition coefficient (Wildman–Crippen LogP) is 2.80. The first-order valence-corrected chi connectivity index (χ1v) is 9.21. The number of carbonyl (C=O) groups excluding carboxylic acids is 1. The van der Waals surface area contributed by atoms with E-state index >= 15 is 0 Å². The number of piperazine rings is 1. The summed E-state index contributed by atoms with van der Waals surface area (Å²) in [6.45, 7) is 3.15.